The van der Waals surface area contributed by atoms with Crippen LogP contribution in [0.3, 0.4) is 0 Å². The van der Waals surface area contributed by atoms with Crippen molar-refractivity contribution >= 4 is 0 Å². The van der Waals surface area contributed by atoms with E-state index in [1.807, 2.05) is 29.7 Å². The maximum Gasteiger partial charge on any atom is 0.0937 e. The van der Waals surface area contributed by atoms with E-state index in [0.717, 1.165) is 5.56 Å². The van der Waals surface area contributed by atoms with Gasteiger partial charge in [0.1, 0.15) is 0 Å². The second kappa shape index (κ2) is 4.75. The molecule has 0 amide bonds. The van der Waals surface area contributed by atoms with E-state index in [-0.39, 0.29) is 12.0 Å². The van der Waals surface area contributed by atoms with E-state index in [9.17, 15) is 5.11 Å². The van der Waals surface area contributed by atoms with Crippen LogP contribution in [-0.2, 0) is 5.41 Å². The molecular formula is C12H19NO2. The van der Waals surface area contributed by atoms with Crippen LogP contribution in [-0.4, -0.2) is 16.9 Å². The highest BCUT2D eigenvalue weighted by atomic mass is 16.5. The second-order valence-corrected chi connectivity index (χ2v) is 4.75. The molecule has 0 aliphatic heterocycles. The van der Waals surface area contributed by atoms with Crippen LogP contribution in [0.25, 0.3) is 0 Å². The summed E-state index contributed by atoms with van der Waals surface area (Å²) >= 11 is 0. The number of aliphatic hydroxyl groups excluding tert-OH is 1. The van der Waals surface area contributed by atoms with Gasteiger partial charge in [0.25, 0.3) is 0 Å². The molecule has 1 rings (SSSR count). The van der Waals surface area contributed by atoms with Gasteiger partial charge in [0, 0.05) is 0 Å². The lowest BCUT2D eigenvalue weighted by Gasteiger charge is -2.19. The molecule has 0 aliphatic carbocycles. The molecule has 0 heterocycles. The molecule has 3 nitrogen and oxygen atoms in total. The molecule has 0 bridgehead atoms. The lowest BCUT2D eigenvalue weighted by Crippen LogP contribution is -2.17. The Kier molecular flexibility index (Phi) is 3.85. The van der Waals surface area contributed by atoms with Crippen molar-refractivity contribution in [2.45, 2.75) is 32.3 Å². The summed E-state index contributed by atoms with van der Waals surface area (Å²) in [5.41, 5.74) is 4.13. The predicted molar refractivity (Wildman–Crippen MR) is 59.9 cm³/mol. The van der Waals surface area contributed by atoms with Crippen molar-refractivity contribution in [2.75, 3.05) is 6.54 Å². The van der Waals surface area contributed by atoms with Gasteiger partial charge in [-0.15, -0.1) is 0 Å². The summed E-state index contributed by atoms with van der Waals surface area (Å²) in [5, 5.41) is 18.1. The molecule has 84 valence electrons. The Morgan fingerprint density at radius 1 is 1.20 bits per heavy atom. The first-order valence-electron chi connectivity index (χ1n) is 5.10. The summed E-state index contributed by atoms with van der Waals surface area (Å²) in [6.45, 7) is 6.59. The fourth-order valence-corrected chi connectivity index (χ4v) is 1.41. The highest BCUT2D eigenvalue weighted by Crippen LogP contribution is 2.23. The van der Waals surface area contributed by atoms with Gasteiger partial charge in [-0.1, -0.05) is 45.0 Å². The minimum atomic E-state index is -0.663. The number of rotatable bonds is 3. The Hall–Kier alpha value is -0.900. The zero-order chi connectivity index (χ0) is 11.5. The molecular weight excluding hydrogens is 190 g/mol. The van der Waals surface area contributed by atoms with Crippen LogP contribution in [0.5, 0.6) is 0 Å². The third-order valence-corrected chi connectivity index (χ3v) is 2.45. The highest BCUT2D eigenvalue weighted by Gasteiger charge is 2.14. The maximum absolute atomic E-state index is 9.59. The zero-order valence-corrected chi connectivity index (χ0v) is 9.49. The number of aliphatic hydroxyl groups is 1. The van der Waals surface area contributed by atoms with Gasteiger partial charge >= 0.3 is 0 Å². The first kappa shape index (κ1) is 12.2. The van der Waals surface area contributed by atoms with E-state index >= 15 is 0 Å². The number of hydroxylamine groups is 1. The predicted octanol–water partition coefficient (Wildman–Crippen LogP) is 2.00. The van der Waals surface area contributed by atoms with Crippen LogP contribution in [0.2, 0.25) is 0 Å². The van der Waals surface area contributed by atoms with Gasteiger partial charge in [-0.2, -0.15) is 0 Å². The van der Waals surface area contributed by atoms with Gasteiger partial charge in [0.2, 0.25) is 0 Å². The SMILES string of the molecule is CC(C)(C)c1ccc(C(O)CNO)cc1. The standard InChI is InChI=1S/C12H19NO2/c1-12(2,3)10-6-4-9(5-7-10)11(14)8-13-15/h4-7,11,13-15H,8H2,1-3H3. The molecule has 0 aliphatic rings. The first-order chi connectivity index (χ1) is 6.95. The minimum absolute atomic E-state index is 0.124. The van der Waals surface area contributed by atoms with Crippen LogP contribution < -0.4 is 5.48 Å². The third-order valence-electron chi connectivity index (χ3n) is 2.45. The quantitative estimate of drug-likeness (QED) is 0.667. The first-order valence-corrected chi connectivity index (χ1v) is 5.10. The average molecular weight is 209 g/mol. The van der Waals surface area contributed by atoms with Gasteiger partial charge in [-0.3, -0.25) is 0 Å². The van der Waals surface area contributed by atoms with E-state index in [1.54, 1.807) is 0 Å². The Labute approximate surface area is 90.7 Å². The zero-order valence-electron chi connectivity index (χ0n) is 9.49. The molecule has 0 radical (unpaired) electrons. The van der Waals surface area contributed by atoms with Gasteiger partial charge in [0.05, 0.1) is 12.6 Å². The molecule has 1 aromatic carbocycles. The number of benzene rings is 1. The van der Waals surface area contributed by atoms with Gasteiger partial charge in [0.15, 0.2) is 0 Å². The van der Waals surface area contributed by atoms with Crippen LogP contribution in [0.4, 0.5) is 0 Å². The number of hydrogen-bond donors (Lipinski definition) is 3. The molecule has 15 heavy (non-hydrogen) atoms. The fraction of sp³-hybridized carbons (Fsp3) is 0.500. The summed E-state index contributed by atoms with van der Waals surface area (Å²) in [6, 6.07) is 7.80. The van der Waals surface area contributed by atoms with E-state index in [0.29, 0.717) is 0 Å². The van der Waals surface area contributed by atoms with Crippen molar-refractivity contribution < 1.29 is 10.3 Å². The van der Waals surface area contributed by atoms with Crippen LogP contribution in [0, 0.1) is 0 Å². The van der Waals surface area contributed by atoms with E-state index in [4.69, 9.17) is 5.21 Å². The topological polar surface area (TPSA) is 52.5 Å². The van der Waals surface area contributed by atoms with Crippen molar-refractivity contribution in [3.8, 4) is 0 Å². The fourth-order valence-electron chi connectivity index (χ4n) is 1.41. The molecule has 0 fully saturated rings. The highest BCUT2D eigenvalue weighted by molar-refractivity contribution is 5.28. The van der Waals surface area contributed by atoms with Crippen LogP contribution in [0.1, 0.15) is 38.0 Å². The Morgan fingerprint density at radius 3 is 2.13 bits per heavy atom. The largest absolute Gasteiger partial charge is 0.387 e. The van der Waals surface area contributed by atoms with Crippen molar-refractivity contribution in [1.82, 2.24) is 5.48 Å². The Morgan fingerprint density at radius 2 is 1.73 bits per heavy atom. The number of nitrogens with one attached hydrogen (secondary N) is 1. The van der Waals surface area contributed by atoms with Crippen LogP contribution in [0.15, 0.2) is 24.3 Å². The maximum atomic E-state index is 9.59. The molecule has 0 saturated carbocycles. The summed E-state index contributed by atoms with van der Waals surface area (Å²) < 4.78 is 0. The molecule has 1 atom stereocenters. The molecule has 0 saturated heterocycles. The van der Waals surface area contributed by atoms with Crippen molar-refractivity contribution in [3.05, 3.63) is 35.4 Å². The normalized spacial score (nSPS) is 13.9. The van der Waals surface area contributed by atoms with Crippen LogP contribution >= 0.6 is 0 Å². The Bertz CT molecular complexity index is 300. The smallest absolute Gasteiger partial charge is 0.0937 e. The summed E-state index contributed by atoms with van der Waals surface area (Å²) in [7, 11) is 0. The molecule has 3 N–H and O–H groups in total. The number of hydrogen-bond acceptors (Lipinski definition) is 3. The van der Waals surface area contributed by atoms with Crippen molar-refractivity contribution in [1.29, 1.82) is 0 Å². The molecule has 0 spiro atoms. The third kappa shape index (κ3) is 3.30. The molecule has 1 unspecified atom stereocenters. The van der Waals surface area contributed by atoms with Crippen molar-refractivity contribution in [3.63, 3.8) is 0 Å². The van der Waals surface area contributed by atoms with Gasteiger partial charge < -0.3 is 10.3 Å². The molecule has 0 aromatic heterocycles. The summed E-state index contributed by atoms with van der Waals surface area (Å²) in [5.74, 6) is 0. The Balaban J connectivity index is 2.81. The second-order valence-electron chi connectivity index (χ2n) is 4.75. The minimum Gasteiger partial charge on any atom is -0.387 e. The average Bonchev–Trinajstić information content (AvgIpc) is 2.17. The monoisotopic (exact) mass is 209 g/mol. The van der Waals surface area contributed by atoms with Gasteiger partial charge in [-0.25, -0.2) is 5.48 Å². The van der Waals surface area contributed by atoms with Gasteiger partial charge in [-0.05, 0) is 16.5 Å². The van der Waals surface area contributed by atoms with E-state index in [1.165, 1.54) is 5.56 Å². The lowest BCUT2D eigenvalue weighted by atomic mass is 9.86. The lowest BCUT2D eigenvalue weighted by molar-refractivity contribution is 0.0921. The molecule has 3 heteroatoms. The summed E-state index contributed by atoms with van der Waals surface area (Å²) in [6.07, 6.45) is -0.663. The van der Waals surface area contributed by atoms with E-state index in [2.05, 4.69) is 20.8 Å². The molecule has 1 aromatic rings. The summed E-state index contributed by atoms with van der Waals surface area (Å²) in [4.78, 5) is 0. The van der Waals surface area contributed by atoms with E-state index < -0.39 is 6.10 Å². The van der Waals surface area contributed by atoms with Crippen molar-refractivity contribution in [2.24, 2.45) is 0 Å².